The topological polar surface area (TPSA) is 62.0 Å². The molecule has 0 radical (unpaired) electrons. The molecule has 21 heavy (non-hydrogen) atoms. The minimum Gasteiger partial charge on any atom is -0.491 e. The van der Waals surface area contributed by atoms with E-state index in [0.29, 0.717) is 24.9 Å². The molecule has 3 N–H and O–H groups in total. The molecule has 1 aliphatic heterocycles. The van der Waals surface area contributed by atoms with E-state index in [4.69, 9.17) is 10.5 Å². The van der Waals surface area contributed by atoms with Gasteiger partial charge in [0.2, 0.25) is 0 Å². The summed E-state index contributed by atoms with van der Waals surface area (Å²) < 4.78 is 5.70. The highest BCUT2D eigenvalue weighted by atomic mass is 16.5. The number of hydrogen-bond acceptors (Lipinski definition) is 5. The van der Waals surface area contributed by atoms with Gasteiger partial charge in [-0.15, -0.1) is 0 Å². The van der Waals surface area contributed by atoms with Crippen LogP contribution in [0.25, 0.3) is 0 Å². The van der Waals surface area contributed by atoms with Gasteiger partial charge < -0.3 is 25.4 Å². The van der Waals surface area contributed by atoms with Crippen molar-refractivity contribution in [3.8, 4) is 5.75 Å². The summed E-state index contributed by atoms with van der Waals surface area (Å²) in [5.74, 6) is 0.736. The van der Waals surface area contributed by atoms with Gasteiger partial charge in [0.05, 0.1) is 18.4 Å². The largest absolute Gasteiger partial charge is 0.491 e. The molecule has 0 bridgehead atoms. The molecule has 1 fully saturated rings. The quantitative estimate of drug-likeness (QED) is 0.779. The monoisotopic (exact) mass is 293 g/mol. The summed E-state index contributed by atoms with van der Waals surface area (Å²) in [6.07, 6.45) is 1.48. The second-order valence-electron chi connectivity index (χ2n) is 6.03. The molecule has 0 spiro atoms. The minimum atomic E-state index is -0.271. The van der Waals surface area contributed by atoms with Crippen molar-refractivity contribution in [1.82, 2.24) is 4.90 Å². The van der Waals surface area contributed by atoms with Crippen molar-refractivity contribution in [2.24, 2.45) is 0 Å². The van der Waals surface area contributed by atoms with E-state index in [1.807, 2.05) is 18.2 Å². The summed E-state index contributed by atoms with van der Waals surface area (Å²) in [4.78, 5) is 4.41. The van der Waals surface area contributed by atoms with E-state index in [9.17, 15) is 5.11 Å². The van der Waals surface area contributed by atoms with Crippen molar-refractivity contribution in [3.05, 3.63) is 18.2 Å². The second-order valence-corrected chi connectivity index (χ2v) is 6.03. The summed E-state index contributed by atoms with van der Waals surface area (Å²) in [5.41, 5.74) is 7.70. The van der Waals surface area contributed by atoms with Gasteiger partial charge in [-0.05, 0) is 39.1 Å². The van der Waals surface area contributed by atoms with Crippen LogP contribution in [0.1, 0.15) is 19.8 Å². The zero-order chi connectivity index (χ0) is 15.4. The third-order valence-corrected chi connectivity index (χ3v) is 3.76. The van der Waals surface area contributed by atoms with Gasteiger partial charge in [0.1, 0.15) is 5.75 Å². The summed E-state index contributed by atoms with van der Waals surface area (Å²) >= 11 is 0. The Bertz CT molecular complexity index is 465. The van der Waals surface area contributed by atoms with Crippen LogP contribution in [0.3, 0.4) is 0 Å². The van der Waals surface area contributed by atoms with Crippen LogP contribution in [0.2, 0.25) is 0 Å². The highest BCUT2D eigenvalue weighted by Crippen LogP contribution is 2.32. The number of benzene rings is 1. The smallest absolute Gasteiger partial charge is 0.144 e. The molecule has 0 aliphatic carbocycles. The van der Waals surface area contributed by atoms with Gasteiger partial charge in [-0.2, -0.15) is 0 Å². The predicted octanol–water partition coefficient (Wildman–Crippen LogP) is 1.56. The standard InChI is InChI=1S/C16H27N3O2/c1-4-7-21-16-9-12(5-6-15(16)17)19-11-14(20)8-13(19)10-18(2)3/h5-6,9,13-14,20H,4,7-8,10-11,17H2,1-3H3. The molecule has 1 saturated heterocycles. The van der Waals surface area contributed by atoms with Gasteiger partial charge in [-0.1, -0.05) is 6.92 Å². The molecule has 1 aliphatic rings. The van der Waals surface area contributed by atoms with Gasteiger partial charge in [-0.3, -0.25) is 0 Å². The number of anilines is 2. The average Bonchev–Trinajstić information content (AvgIpc) is 2.78. The highest BCUT2D eigenvalue weighted by Gasteiger charge is 2.31. The number of ether oxygens (including phenoxy) is 1. The first kappa shape index (κ1) is 15.9. The number of nitrogens with zero attached hydrogens (tertiary/aromatic N) is 2. The molecule has 1 heterocycles. The molecule has 1 aromatic rings. The average molecular weight is 293 g/mol. The van der Waals surface area contributed by atoms with Crippen molar-refractivity contribution in [1.29, 1.82) is 0 Å². The maximum Gasteiger partial charge on any atom is 0.144 e. The van der Waals surface area contributed by atoms with Crippen LogP contribution in [-0.2, 0) is 0 Å². The molecule has 2 rings (SSSR count). The third-order valence-electron chi connectivity index (χ3n) is 3.76. The predicted molar refractivity (Wildman–Crippen MR) is 87.0 cm³/mol. The molecule has 0 amide bonds. The van der Waals surface area contributed by atoms with E-state index >= 15 is 0 Å². The number of aliphatic hydroxyl groups is 1. The Labute approximate surface area is 127 Å². The fraction of sp³-hybridized carbons (Fsp3) is 0.625. The van der Waals surface area contributed by atoms with Crippen molar-refractivity contribution in [2.45, 2.75) is 31.9 Å². The minimum absolute atomic E-state index is 0.271. The van der Waals surface area contributed by atoms with E-state index in [1.165, 1.54) is 0 Å². The SMILES string of the molecule is CCCOc1cc(N2CC(O)CC2CN(C)C)ccc1N. The van der Waals surface area contributed by atoms with E-state index in [2.05, 4.69) is 30.8 Å². The molecule has 5 nitrogen and oxygen atoms in total. The molecule has 0 saturated carbocycles. The maximum absolute atomic E-state index is 9.99. The van der Waals surface area contributed by atoms with Crippen LogP contribution in [0.15, 0.2) is 18.2 Å². The van der Waals surface area contributed by atoms with E-state index < -0.39 is 0 Å². The summed E-state index contributed by atoms with van der Waals surface area (Å²) in [6, 6.07) is 6.20. The Morgan fingerprint density at radius 2 is 2.19 bits per heavy atom. The summed E-state index contributed by atoms with van der Waals surface area (Å²) in [6.45, 7) is 4.32. The Balaban J connectivity index is 2.19. The number of β-amino-alcohol motifs (C(OH)–C–C–N with tert-alkyl or cyclic N) is 1. The Kier molecular flexibility index (Phi) is 5.31. The van der Waals surface area contributed by atoms with Crippen molar-refractivity contribution < 1.29 is 9.84 Å². The summed E-state index contributed by atoms with van der Waals surface area (Å²) in [7, 11) is 4.11. The molecule has 5 heteroatoms. The molecule has 2 atom stereocenters. The lowest BCUT2D eigenvalue weighted by Crippen LogP contribution is -2.37. The Hall–Kier alpha value is -1.46. The van der Waals surface area contributed by atoms with Crippen LogP contribution in [-0.4, -0.2) is 55.9 Å². The van der Waals surface area contributed by atoms with Crippen molar-refractivity contribution in [2.75, 3.05) is 44.4 Å². The van der Waals surface area contributed by atoms with Gasteiger partial charge in [0.25, 0.3) is 0 Å². The van der Waals surface area contributed by atoms with Crippen LogP contribution >= 0.6 is 0 Å². The Morgan fingerprint density at radius 3 is 2.86 bits per heavy atom. The van der Waals surface area contributed by atoms with Gasteiger partial charge in [0, 0.05) is 30.9 Å². The second kappa shape index (κ2) is 7.00. The number of hydrogen-bond donors (Lipinski definition) is 2. The Morgan fingerprint density at radius 1 is 1.43 bits per heavy atom. The lowest BCUT2D eigenvalue weighted by atomic mass is 10.1. The van der Waals surface area contributed by atoms with Crippen LogP contribution in [0.4, 0.5) is 11.4 Å². The first-order valence-corrected chi connectivity index (χ1v) is 7.63. The van der Waals surface area contributed by atoms with Crippen LogP contribution in [0.5, 0.6) is 5.75 Å². The molecule has 1 aromatic carbocycles. The first-order valence-electron chi connectivity index (χ1n) is 7.63. The molecule has 0 aromatic heterocycles. The molecule has 118 valence electrons. The molecular weight excluding hydrogens is 266 g/mol. The lowest BCUT2D eigenvalue weighted by molar-refractivity contribution is 0.191. The fourth-order valence-electron chi connectivity index (χ4n) is 2.84. The van der Waals surface area contributed by atoms with Gasteiger partial charge in [0.15, 0.2) is 0 Å². The zero-order valence-electron chi connectivity index (χ0n) is 13.2. The fourth-order valence-corrected chi connectivity index (χ4v) is 2.84. The van der Waals surface area contributed by atoms with E-state index in [1.54, 1.807) is 0 Å². The number of nitrogen functional groups attached to an aromatic ring is 1. The van der Waals surface area contributed by atoms with Gasteiger partial charge in [-0.25, -0.2) is 0 Å². The van der Waals surface area contributed by atoms with Crippen molar-refractivity contribution >= 4 is 11.4 Å². The maximum atomic E-state index is 9.99. The van der Waals surface area contributed by atoms with E-state index in [-0.39, 0.29) is 6.10 Å². The number of aliphatic hydroxyl groups excluding tert-OH is 1. The first-order chi connectivity index (χ1) is 10.0. The molecular formula is C16H27N3O2. The number of rotatable bonds is 6. The molecule has 2 unspecified atom stereocenters. The number of nitrogens with two attached hydrogens (primary N) is 1. The third kappa shape index (κ3) is 4.02. The van der Waals surface area contributed by atoms with Gasteiger partial charge >= 0.3 is 0 Å². The van der Waals surface area contributed by atoms with Crippen LogP contribution in [0, 0.1) is 0 Å². The van der Waals surface area contributed by atoms with Crippen LogP contribution < -0.4 is 15.4 Å². The number of likely N-dealkylation sites (N-methyl/N-ethyl adjacent to an activating group) is 1. The highest BCUT2D eigenvalue weighted by molar-refractivity contribution is 5.63. The summed E-state index contributed by atoms with van der Waals surface area (Å²) in [5, 5.41) is 9.99. The zero-order valence-corrected chi connectivity index (χ0v) is 13.2. The van der Waals surface area contributed by atoms with Crippen molar-refractivity contribution in [3.63, 3.8) is 0 Å². The van der Waals surface area contributed by atoms with E-state index in [0.717, 1.165) is 30.8 Å². The lowest BCUT2D eigenvalue weighted by Gasteiger charge is -2.29. The normalized spacial score (nSPS) is 22.0.